The van der Waals surface area contributed by atoms with Crippen LogP contribution in [0.25, 0.3) is 0 Å². The van der Waals surface area contributed by atoms with E-state index in [-0.39, 0.29) is 18.1 Å². The molecule has 17 heavy (non-hydrogen) atoms. The second kappa shape index (κ2) is 5.80. The predicted molar refractivity (Wildman–Crippen MR) is 63.6 cm³/mol. The van der Waals surface area contributed by atoms with Crippen LogP contribution in [0.5, 0.6) is 0 Å². The summed E-state index contributed by atoms with van der Waals surface area (Å²) in [6, 6.07) is 0.415. The first-order valence-electron chi connectivity index (χ1n) is 6.41. The van der Waals surface area contributed by atoms with E-state index in [9.17, 15) is 4.79 Å². The first-order valence-corrected chi connectivity index (χ1v) is 6.41. The number of ether oxygens (including phenoxy) is 2. The maximum absolute atomic E-state index is 12.3. The number of hydrogen-bond acceptors (Lipinski definition) is 4. The molecule has 1 saturated heterocycles. The Morgan fingerprint density at radius 2 is 2.18 bits per heavy atom. The second-order valence-corrected chi connectivity index (χ2v) is 4.82. The molecular formula is C12H22N2O3. The van der Waals surface area contributed by atoms with Crippen LogP contribution in [0.2, 0.25) is 0 Å². The fourth-order valence-corrected chi connectivity index (χ4v) is 2.29. The molecule has 5 heteroatoms. The highest BCUT2D eigenvalue weighted by Gasteiger charge is 2.38. The smallest absolute Gasteiger partial charge is 0.252 e. The highest BCUT2D eigenvalue weighted by Crippen LogP contribution is 2.29. The number of nitrogens with zero attached hydrogens (tertiary/aromatic N) is 1. The van der Waals surface area contributed by atoms with Gasteiger partial charge in [-0.1, -0.05) is 0 Å². The molecule has 2 unspecified atom stereocenters. The van der Waals surface area contributed by atoms with Gasteiger partial charge < -0.3 is 20.1 Å². The van der Waals surface area contributed by atoms with Crippen molar-refractivity contribution >= 4 is 5.91 Å². The van der Waals surface area contributed by atoms with Crippen molar-refractivity contribution in [3.8, 4) is 0 Å². The lowest BCUT2D eigenvalue weighted by atomic mass is 10.2. The molecule has 2 atom stereocenters. The molecule has 1 saturated carbocycles. The second-order valence-electron chi connectivity index (χ2n) is 4.82. The monoisotopic (exact) mass is 242 g/mol. The highest BCUT2D eigenvalue weighted by atomic mass is 16.5. The molecule has 0 bridgehead atoms. The van der Waals surface area contributed by atoms with Gasteiger partial charge in [-0.15, -0.1) is 0 Å². The number of carbonyl (C=O) groups excluding carboxylic acids is 1. The summed E-state index contributed by atoms with van der Waals surface area (Å²) in [5.41, 5.74) is 5.55. The molecule has 1 heterocycles. The van der Waals surface area contributed by atoms with Gasteiger partial charge in [-0.05, 0) is 25.7 Å². The van der Waals surface area contributed by atoms with Gasteiger partial charge in [0.25, 0.3) is 5.91 Å². The van der Waals surface area contributed by atoms with Crippen LogP contribution in [0.15, 0.2) is 0 Å². The van der Waals surface area contributed by atoms with Crippen molar-refractivity contribution < 1.29 is 14.3 Å². The minimum absolute atomic E-state index is 0.0624. The van der Waals surface area contributed by atoms with E-state index in [0.29, 0.717) is 25.7 Å². The van der Waals surface area contributed by atoms with Gasteiger partial charge in [0.2, 0.25) is 0 Å². The Bertz CT molecular complexity index is 268. The van der Waals surface area contributed by atoms with Crippen molar-refractivity contribution in [1.29, 1.82) is 0 Å². The van der Waals surface area contributed by atoms with Gasteiger partial charge in [0, 0.05) is 26.2 Å². The molecule has 5 nitrogen and oxygen atoms in total. The Balaban J connectivity index is 1.87. The van der Waals surface area contributed by atoms with E-state index < -0.39 is 0 Å². The molecular weight excluding hydrogens is 220 g/mol. The maximum Gasteiger partial charge on any atom is 0.252 e. The van der Waals surface area contributed by atoms with E-state index in [2.05, 4.69) is 0 Å². The SMILES string of the molecule is COCCN(C(=O)C1CCC(CN)O1)C1CC1. The number of carbonyl (C=O) groups is 1. The number of nitrogens with two attached hydrogens (primary N) is 1. The Morgan fingerprint density at radius 1 is 1.41 bits per heavy atom. The molecule has 1 aliphatic heterocycles. The Kier molecular flexibility index (Phi) is 4.36. The van der Waals surface area contributed by atoms with Gasteiger partial charge >= 0.3 is 0 Å². The molecule has 0 spiro atoms. The Labute approximate surface area is 102 Å². The van der Waals surface area contributed by atoms with Gasteiger partial charge in [-0.2, -0.15) is 0 Å². The molecule has 0 aromatic rings. The largest absolute Gasteiger partial charge is 0.383 e. The van der Waals surface area contributed by atoms with Crippen molar-refractivity contribution in [2.45, 2.75) is 43.9 Å². The van der Waals surface area contributed by atoms with E-state index in [4.69, 9.17) is 15.2 Å². The third kappa shape index (κ3) is 3.18. The summed E-state index contributed by atoms with van der Waals surface area (Å²) in [5, 5.41) is 0. The third-order valence-electron chi connectivity index (χ3n) is 3.45. The first kappa shape index (κ1) is 12.8. The van der Waals surface area contributed by atoms with Crippen LogP contribution < -0.4 is 5.73 Å². The zero-order valence-corrected chi connectivity index (χ0v) is 10.4. The summed E-state index contributed by atoms with van der Waals surface area (Å²) in [4.78, 5) is 14.2. The Hall–Kier alpha value is -0.650. The summed E-state index contributed by atoms with van der Waals surface area (Å²) in [6.07, 6.45) is 3.71. The number of hydrogen-bond donors (Lipinski definition) is 1. The van der Waals surface area contributed by atoms with E-state index in [1.54, 1.807) is 7.11 Å². The van der Waals surface area contributed by atoms with Crippen LogP contribution in [0.4, 0.5) is 0 Å². The van der Waals surface area contributed by atoms with E-state index >= 15 is 0 Å². The highest BCUT2D eigenvalue weighted by molar-refractivity contribution is 5.81. The lowest BCUT2D eigenvalue weighted by Crippen LogP contribution is -2.42. The number of amides is 1. The molecule has 2 aliphatic rings. The first-order chi connectivity index (χ1) is 8.26. The predicted octanol–water partition coefficient (Wildman–Crippen LogP) is 0.130. The normalized spacial score (nSPS) is 28.4. The quantitative estimate of drug-likeness (QED) is 0.719. The van der Waals surface area contributed by atoms with Crippen LogP contribution in [-0.2, 0) is 14.3 Å². The van der Waals surface area contributed by atoms with Gasteiger partial charge in [0.1, 0.15) is 6.10 Å². The fraction of sp³-hybridized carbons (Fsp3) is 0.917. The van der Waals surface area contributed by atoms with Crippen molar-refractivity contribution in [2.24, 2.45) is 5.73 Å². The molecule has 0 radical (unpaired) electrons. The summed E-state index contributed by atoms with van der Waals surface area (Å²) in [7, 11) is 1.66. The van der Waals surface area contributed by atoms with Crippen molar-refractivity contribution in [2.75, 3.05) is 26.8 Å². The molecule has 2 fully saturated rings. The summed E-state index contributed by atoms with van der Waals surface area (Å²) in [5.74, 6) is 0.125. The van der Waals surface area contributed by atoms with Crippen LogP contribution in [0, 0.1) is 0 Å². The molecule has 0 aromatic carbocycles. The summed E-state index contributed by atoms with van der Waals surface area (Å²) >= 11 is 0. The van der Waals surface area contributed by atoms with Gasteiger partial charge in [0.15, 0.2) is 0 Å². The maximum atomic E-state index is 12.3. The van der Waals surface area contributed by atoms with E-state index in [0.717, 1.165) is 25.7 Å². The molecule has 1 aliphatic carbocycles. The fourth-order valence-electron chi connectivity index (χ4n) is 2.29. The lowest BCUT2D eigenvalue weighted by Gasteiger charge is -2.25. The minimum atomic E-state index is -0.277. The van der Waals surface area contributed by atoms with Crippen LogP contribution >= 0.6 is 0 Å². The van der Waals surface area contributed by atoms with Crippen LogP contribution in [0.1, 0.15) is 25.7 Å². The molecule has 1 amide bonds. The van der Waals surface area contributed by atoms with Gasteiger partial charge in [0.05, 0.1) is 12.7 Å². The van der Waals surface area contributed by atoms with Crippen molar-refractivity contribution in [3.63, 3.8) is 0 Å². The van der Waals surface area contributed by atoms with E-state index in [1.165, 1.54) is 0 Å². The van der Waals surface area contributed by atoms with Crippen LogP contribution in [-0.4, -0.2) is 55.9 Å². The van der Waals surface area contributed by atoms with Crippen LogP contribution in [0.3, 0.4) is 0 Å². The molecule has 2 N–H and O–H groups in total. The van der Waals surface area contributed by atoms with Crippen molar-refractivity contribution in [1.82, 2.24) is 4.90 Å². The summed E-state index contributed by atoms with van der Waals surface area (Å²) in [6.45, 7) is 1.77. The molecule has 2 rings (SSSR count). The average Bonchev–Trinajstić information content (AvgIpc) is 3.06. The van der Waals surface area contributed by atoms with Gasteiger partial charge in [-0.25, -0.2) is 0 Å². The number of methoxy groups -OCH3 is 1. The average molecular weight is 242 g/mol. The number of rotatable bonds is 6. The molecule has 0 aromatic heterocycles. The molecule has 98 valence electrons. The Morgan fingerprint density at radius 3 is 2.71 bits per heavy atom. The minimum Gasteiger partial charge on any atom is -0.383 e. The standard InChI is InChI=1S/C12H22N2O3/c1-16-7-6-14(9-2-3-9)12(15)11-5-4-10(8-13)17-11/h9-11H,2-8,13H2,1H3. The van der Waals surface area contributed by atoms with Gasteiger partial charge in [-0.3, -0.25) is 4.79 Å². The zero-order valence-electron chi connectivity index (χ0n) is 10.4. The van der Waals surface area contributed by atoms with Crippen molar-refractivity contribution in [3.05, 3.63) is 0 Å². The topological polar surface area (TPSA) is 64.8 Å². The lowest BCUT2D eigenvalue weighted by molar-refractivity contribution is -0.144. The van der Waals surface area contributed by atoms with E-state index in [1.807, 2.05) is 4.90 Å². The summed E-state index contributed by atoms with van der Waals surface area (Å²) < 4.78 is 10.7. The third-order valence-corrected chi connectivity index (χ3v) is 3.45. The zero-order chi connectivity index (χ0) is 12.3.